The fraction of sp³-hybridized carbons (Fsp3) is 0.375. The smallest absolute Gasteiger partial charge is 0.312 e. The minimum atomic E-state index is -1.01. The maximum absolute atomic E-state index is 12.7. The third-order valence-electron chi connectivity index (χ3n) is 5.40. The van der Waals surface area contributed by atoms with Crippen LogP contribution < -0.4 is 15.0 Å². The first-order valence-electron chi connectivity index (χ1n) is 10.4. The van der Waals surface area contributed by atoms with Crippen LogP contribution in [0.4, 0.5) is 11.4 Å². The predicted molar refractivity (Wildman–Crippen MR) is 118 cm³/mol. The van der Waals surface area contributed by atoms with Crippen molar-refractivity contribution in [1.82, 2.24) is 0 Å². The summed E-state index contributed by atoms with van der Waals surface area (Å²) in [5, 5.41) is 2.74. The third kappa shape index (κ3) is 5.05. The molecule has 2 atom stereocenters. The van der Waals surface area contributed by atoms with Gasteiger partial charge in [-0.2, -0.15) is 0 Å². The van der Waals surface area contributed by atoms with E-state index in [-0.39, 0.29) is 18.9 Å². The molecule has 7 heteroatoms. The van der Waals surface area contributed by atoms with Crippen LogP contribution in [0, 0.1) is 12.8 Å². The van der Waals surface area contributed by atoms with Crippen molar-refractivity contribution in [2.75, 3.05) is 23.9 Å². The molecule has 3 rings (SSSR count). The van der Waals surface area contributed by atoms with E-state index in [9.17, 15) is 14.4 Å². The van der Waals surface area contributed by atoms with Gasteiger partial charge in [-0.05, 0) is 49.6 Å². The molecule has 0 saturated carbocycles. The summed E-state index contributed by atoms with van der Waals surface area (Å²) in [5.74, 6) is -1.23. The second-order valence-corrected chi connectivity index (χ2v) is 7.66. The second-order valence-electron chi connectivity index (χ2n) is 7.66. The van der Waals surface area contributed by atoms with Crippen molar-refractivity contribution in [2.24, 2.45) is 5.92 Å². The fourth-order valence-corrected chi connectivity index (χ4v) is 3.65. The van der Waals surface area contributed by atoms with Gasteiger partial charge in [-0.1, -0.05) is 31.2 Å². The number of amides is 2. The second kappa shape index (κ2) is 9.64. The van der Waals surface area contributed by atoms with Gasteiger partial charge in [0.05, 0.1) is 18.7 Å². The van der Waals surface area contributed by atoms with Crippen molar-refractivity contribution < 1.29 is 23.9 Å². The van der Waals surface area contributed by atoms with Crippen LogP contribution >= 0.6 is 0 Å². The number of methoxy groups -OCH3 is 1. The summed E-state index contributed by atoms with van der Waals surface area (Å²) < 4.78 is 10.7. The first kappa shape index (κ1) is 22.3. The monoisotopic (exact) mass is 424 g/mol. The van der Waals surface area contributed by atoms with Gasteiger partial charge in [-0.25, -0.2) is 0 Å². The maximum Gasteiger partial charge on any atom is 0.312 e. The number of ether oxygens (including phenoxy) is 2. The van der Waals surface area contributed by atoms with Gasteiger partial charge in [0.15, 0.2) is 6.10 Å². The van der Waals surface area contributed by atoms with E-state index in [0.717, 1.165) is 23.2 Å². The Labute approximate surface area is 182 Å². The van der Waals surface area contributed by atoms with Crippen molar-refractivity contribution in [3.05, 3.63) is 53.6 Å². The Morgan fingerprint density at radius 3 is 2.68 bits per heavy atom. The number of carbonyl (C=O) groups is 3. The molecular weight excluding hydrogens is 396 g/mol. The number of rotatable bonds is 7. The van der Waals surface area contributed by atoms with Gasteiger partial charge in [-0.15, -0.1) is 0 Å². The molecule has 31 heavy (non-hydrogen) atoms. The van der Waals surface area contributed by atoms with Crippen LogP contribution in [0.15, 0.2) is 42.5 Å². The summed E-state index contributed by atoms with van der Waals surface area (Å²) in [5.41, 5.74) is 3.33. The molecular formula is C24H28N2O5. The molecule has 1 heterocycles. The van der Waals surface area contributed by atoms with Crippen LogP contribution in [0.25, 0.3) is 0 Å². The Morgan fingerprint density at radius 1 is 1.23 bits per heavy atom. The number of nitrogens with zero attached hydrogens (tertiary/aromatic N) is 1. The van der Waals surface area contributed by atoms with Crippen molar-refractivity contribution in [1.29, 1.82) is 0 Å². The molecule has 1 fully saturated rings. The van der Waals surface area contributed by atoms with Gasteiger partial charge in [0, 0.05) is 18.7 Å². The Balaban J connectivity index is 1.63. The van der Waals surface area contributed by atoms with E-state index in [1.165, 1.54) is 14.0 Å². The highest BCUT2D eigenvalue weighted by Gasteiger charge is 2.38. The van der Waals surface area contributed by atoms with Gasteiger partial charge in [0.2, 0.25) is 5.91 Å². The number of hydrogen-bond acceptors (Lipinski definition) is 5. The third-order valence-corrected chi connectivity index (χ3v) is 5.40. The van der Waals surface area contributed by atoms with Crippen LogP contribution in [0.1, 0.15) is 31.4 Å². The molecule has 0 bridgehead atoms. The van der Waals surface area contributed by atoms with E-state index >= 15 is 0 Å². The van der Waals surface area contributed by atoms with Gasteiger partial charge in [-0.3, -0.25) is 14.4 Å². The number of benzene rings is 2. The molecule has 1 saturated heterocycles. The molecule has 0 aromatic heterocycles. The topological polar surface area (TPSA) is 84.9 Å². The lowest BCUT2D eigenvalue weighted by molar-refractivity contribution is -0.157. The lowest BCUT2D eigenvalue weighted by Gasteiger charge is -2.20. The van der Waals surface area contributed by atoms with Crippen LogP contribution in [-0.2, 0) is 25.5 Å². The number of anilines is 2. The van der Waals surface area contributed by atoms with Gasteiger partial charge in [0.25, 0.3) is 5.91 Å². The van der Waals surface area contributed by atoms with Crippen molar-refractivity contribution in [3.63, 3.8) is 0 Å². The van der Waals surface area contributed by atoms with E-state index < -0.39 is 23.9 Å². The first-order valence-corrected chi connectivity index (χ1v) is 10.4. The molecule has 0 unspecified atom stereocenters. The number of carbonyl (C=O) groups excluding carboxylic acids is 3. The number of hydrogen-bond donors (Lipinski definition) is 1. The molecule has 2 amide bonds. The molecule has 1 N–H and O–H groups in total. The van der Waals surface area contributed by atoms with Crippen LogP contribution in [0.3, 0.4) is 0 Å². The van der Waals surface area contributed by atoms with E-state index in [1.807, 2.05) is 44.2 Å². The molecule has 0 spiro atoms. The minimum Gasteiger partial charge on any atom is -0.495 e. The largest absolute Gasteiger partial charge is 0.495 e. The standard InChI is InChI=1S/C24H28N2O5/c1-5-17-8-6-7-9-20(17)26-14-18(13-22(26)27)24(29)31-16(3)23(28)25-19-12-15(2)10-11-21(19)30-4/h6-12,16,18H,5,13-14H2,1-4H3,(H,25,28)/t16-,18+/m1/s1. The molecule has 0 aliphatic carbocycles. The summed E-state index contributed by atoms with van der Waals surface area (Å²) in [6.45, 7) is 5.68. The quantitative estimate of drug-likeness (QED) is 0.688. The van der Waals surface area contributed by atoms with E-state index in [1.54, 1.807) is 17.0 Å². The summed E-state index contributed by atoms with van der Waals surface area (Å²) >= 11 is 0. The summed E-state index contributed by atoms with van der Waals surface area (Å²) in [4.78, 5) is 39.4. The summed E-state index contributed by atoms with van der Waals surface area (Å²) in [6, 6.07) is 13.1. The van der Waals surface area contributed by atoms with E-state index in [2.05, 4.69) is 5.32 Å². The van der Waals surface area contributed by atoms with E-state index in [4.69, 9.17) is 9.47 Å². The van der Waals surface area contributed by atoms with Gasteiger partial charge >= 0.3 is 5.97 Å². The van der Waals surface area contributed by atoms with Gasteiger partial charge in [0.1, 0.15) is 5.75 Å². The molecule has 1 aliphatic rings. The Morgan fingerprint density at radius 2 is 1.97 bits per heavy atom. The van der Waals surface area contributed by atoms with Crippen LogP contribution in [0.5, 0.6) is 5.75 Å². The van der Waals surface area contributed by atoms with Crippen LogP contribution in [-0.4, -0.2) is 37.5 Å². The Bertz CT molecular complexity index is 988. The van der Waals surface area contributed by atoms with Crippen LogP contribution in [0.2, 0.25) is 0 Å². The zero-order valence-corrected chi connectivity index (χ0v) is 18.3. The maximum atomic E-state index is 12.7. The van der Waals surface area contributed by atoms with Gasteiger partial charge < -0.3 is 19.7 Å². The highest BCUT2D eigenvalue weighted by molar-refractivity contribution is 6.01. The molecule has 0 radical (unpaired) electrons. The zero-order valence-electron chi connectivity index (χ0n) is 18.3. The number of para-hydroxylation sites is 1. The molecule has 2 aromatic carbocycles. The average molecular weight is 424 g/mol. The number of esters is 1. The first-order chi connectivity index (χ1) is 14.8. The predicted octanol–water partition coefficient (Wildman–Crippen LogP) is 3.49. The molecule has 1 aliphatic heterocycles. The minimum absolute atomic E-state index is 0.0664. The highest BCUT2D eigenvalue weighted by atomic mass is 16.5. The lowest BCUT2D eigenvalue weighted by atomic mass is 10.1. The lowest BCUT2D eigenvalue weighted by Crippen LogP contribution is -2.33. The SMILES string of the molecule is CCc1ccccc1N1C[C@@H](C(=O)O[C@H](C)C(=O)Nc2cc(C)ccc2OC)CC1=O. The summed E-state index contributed by atoms with van der Waals surface area (Å²) in [7, 11) is 1.52. The Kier molecular flexibility index (Phi) is 6.95. The Hall–Kier alpha value is -3.35. The average Bonchev–Trinajstić information content (AvgIpc) is 3.15. The highest BCUT2D eigenvalue weighted by Crippen LogP contribution is 2.29. The summed E-state index contributed by atoms with van der Waals surface area (Å²) in [6.07, 6.45) is -0.157. The number of aryl methyl sites for hydroxylation is 2. The van der Waals surface area contributed by atoms with Crippen molar-refractivity contribution >= 4 is 29.2 Å². The molecule has 2 aromatic rings. The molecule has 7 nitrogen and oxygen atoms in total. The van der Waals surface area contributed by atoms with Crippen molar-refractivity contribution in [3.8, 4) is 5.75 Å². The normalized spacial score (nSPS) is 16.7. The zero-order chi connectivity index (χ0) is 22.5. The van der Waals surface area contributed by atoms with E-state index in [0.29, 0.717) is 11.4 Å². The fourth-order valence-electron chi connectivity index (χ4n) is 3.65. The number of nitrogens with one attached hydrogen (secondary N) is 1. The molecule has 164 valence electrons. The van der Waals surface area contributed by atoms with Crippen molar-refractivity contribution in [2.45, 2.75) is 39.7 Å².